The molecule has 8 nitrogen and oxygen atoms in total. The summed E-state index contributed by atoms with van der Waals surface area (Å²) in [5, 5.41) is 12.9. The molecule has 1 aromatic carbocycles. The maximum atomic E-state index is 12.3. The van der Waals surface area contributed by atoms with Gasteiger partial charge in [-0.05, 0) is 36.8 Å². The van der Waals surface area contributed by atoms with Crippen LogP contribution in [0, 0.1) is 0 Å². The molecular formula is C23H24N6O2. The number of amides is 1. The molecule has 0 bridgehead atoms. The molecule has 1 atom stereocenters. The number of furan rings is 1. The van der Waals surface area contributed by atoms with Gasteiger partial charge < -0.3 is 14.3 Å². The number of carbonyl (C=O) groups is 1. The van der Waals surface area contributed by atoms with Crippen LogP contribution in [-0.2, 0) is 19.5 Å². The third-order valence-corrected chi connectivity index (χ3v) is 5.70. The van der Waals surface area contributed by atoms with E-state index < -0.39 is 0 Å². The normalized spacial score (nSPS) is 15.4. The minimum atomic E-state index is -0.267. The van der Waals surface area contributed by atoms with E-state index >= 15 is 0 Å². The Labute approximate surface area is 179 Å². The zero-order valence-electron chi connectivity index (χ0n) is 17.4. The SMILES string of the molecule is CC(NC(=O)c1ccco1)c1nnc2n1CCN(Cc1ccc3cccnc3c1)CC2. The maximum Gasteiger partial charge on any atom is 0.287 e. The van der Waals surface area contributed by atoms with Crippen molar-refractivity contribution in [3.05, 3.63) is 77.9 Å². The van der Waals surface area contributed by atoms with Crippen molar-refractivity contribution >= 4 is 16.8 Å². The highest BCUT2D eigenvalue weighted by Gasteiger charge is 2.23. The summed E-state index contributed by atoms with van der Waals surface area (Å²) >= 11 is 0. The molecule has 5 rings (SSSR count). The predicted molar refractivity (Wildman–Crippen MR) is 115 cm³/mol. The van der Waals surface area contributed by atoms with Crippen LogP contribution in [0.2, 0.25) is 0 Å². The van der Waals surface area contributed by atoms with Crippen molar-refractivity contribution < 1.29 is 9.21 Å². The summed E-state index contributed by atoms with van der Waals surface area (Å²) in [6.07, 6.45) is 4.14. The van der Waals surface area contributed by atoms with Crippen molar-refractivity contribution in [2.45, 2.75) is 32.5 Å². The highest BCUT2D eigenvalue weighted by atomic mass is 16.3. The van der Waals surface area contributed by atoms with E-state index in [9.17, 15) is 4.79 Å². The van der Waals surface area contributed by atoms with Crippen molar-refractivity contribution in [1.29, 1.82) is 0 Å². The number of rotatable bonds is 5. The van der Waals surface area contributed by atoms with Crippen LogP contribution in [0.3, 0.4) is 0 Å². The quantitative estimate of drug-likeness (QED) is 0.538. The van der Waals surface area contributed by atoms with Gasteiger partial charge in [0.1, 0.15) is 5.82 Å². The van der Waals surface area contributed by atoms with E-state index in [1.807, 2.05) is 19.2 Å². The Kier molecular flexibility index (Phi) is 5.21. The van der Waals surface area contributed by atoms with Crippen LogP contribution in [0.5, 0.6) is 0 Å². The lowest BCUT2D eigenvalue weighted by atomic mass is 10.1. The topological polar surface area (TPSA) is 89.1 Å². The van der Waals surface area contributed by atoms with Gasteiger partial charge >= 0.3 is 0 Å². The fourth-order valence-electron chi connectivity index (χ4n) is 4.08. The van der Waals surface area contributed by atoms with Crippen molar-refractivity contribution in [3.8, 4) is 0 Å². The number of hydrogen-bond acceptors (Lipinski definition) is 6. The van der Waals surface area contributed by atoms with E-state index in [0.717, 1.165) is 55.2 Å². The van der Waals surface area contributed by atoms with Crippen LogP contribution in [0.15, 0.2) is 59.3 Å². The van der Waals surface area contributed by atoms with Gasteiger partial charge in [0.05, 0.1) is 17.8 Å². The molecule has 0 spiro atoms. The molecule has 1 aliphatic heterocycles. The van der Waals surface area contributed by atoms with Gasteiger partial charge in [0.15, 0.2) is 11.6 Å². The van der Waals surface area contributed by atoms with Gasteiger partial charge in [-0.1, -0.05) is 18.2 Å². The van der Waals surface area contributed by atoms with E-state index in [0.29, 0.717) is 5.76 Å². The summed E-state index contributed by atoms with van der Waals surface area (Å²) in [7, 11) is 0. The summed E-state index contributed by atoms with van der Waals surface area (Å²) in [5.41, 5.74) is 2.28. The first kappa shape index (κ1) is 19.4. The molecule has 4 aromatic rings. The zero-order chi connectivity index (χ0) is 21.2. The number of pyridine rings is 1. The Balaban J connectivity index is 1.26. The maximum absolute atomic E-state index is 12.3. The Morgan fingerprint density at radius 3 is 2.97 bits per heavy atom. The highest BCUT2D eigenvalue weighted by Crippen LogP contribution is 2.19. The molecule has 3 aromatic heterocycles. The molecule has 1 unspecified atom stereocenters. The first-order valence-corrected chi connectivity index (χ1v) is 10.5. The molecule has 1 N–H and O–H groups in total. The van der Waals surface area contributed by atoms with E-state index in [1.165, 1.54) is 11.8 Å². The molecule has 31 heavy (non-hydrogen) atoms. The van der Waals surface area contributed by atoms with Crippen molar-refractivity contribution in [2.24, 2.45) is 0 Å². The van der Waals surface area contributed by atoms with E-state index in [4.69, 9.17) is 4.42 Å². The van der Waals surface area contributed by atoms with Gasteiger partial charge in [0, 0.05) is 44.2 Å². The molecule has 4 heterocycles. The first-order chi connectivity index (χ1) is 15.2. The van der Waals surface area contributed by atoms with Crippen LogP contribution >= 0.6 is 0 Å². The van der Waals surface area contributed by atoms with Gasteiger partial charge in [0.2, 0.25) is 0 Å². The van der Waals surface area contributed by atoms with Crippen molar-refractivity contribution in [2.75, 3.05) is 13.1 Å². The summed E-state index contributed by atoms with van der Waals surface area (Å²) in [5.74, 6) is 1.76. The van der Waals surface area contributed by atoms with Crippen molar-refractivity contribution in [1.82, 2.24) is 30.0 Å². The van der Waals surface area contributed by atoms with E-state index in [1.54, 1.807) is 12.1 Å². The minimum absolute atomic E-state index is 0.255. The van der Waals surface area contributed by atoms with Gasteiger partial charge in [-0.25, -0.2) is 0 Å². The standard InChI is InChI=1S/C23H24N6O2/c1-16(25-23(30)20-5-3-13-31-20)22-27-26-21-8-10-28(11-12-29(21)22)15-17-6-7-18-4-2-9-24-19(18)14-17/h2-7,9,13-14,16H,8,10-12,15H2,1H3,(H,25,30). The number of carbonyl (C=O) groups excluding carboxylic acids is 1. The summed E-state index contributed by atoms with van der Waals surface area (Å²) < 4.78 is 7.31. The number of nitrogens with zero attached hydrogens (tertiary/aromatic N) is 5. The minimum Gasteiger partial charge on any atom is -0.459 e. The molecule has 0 aliphatic carbocycles. The Hall–Kier alpha value is -3.52. The smallest absolute Gasteiger partial charge is 0.287 e. The molecule has 0 radical (unpaired) electrons. The summed E-state index contributed by atoms with van der Waals surface area (Å²) in [6.45, 7) is 5.36. The number of hydrogen-bond donors (Lipinski definition) is 1. The fraction of sp³-hybridized carbons (Fsp3) is 0.304. The molecular weight excluding hydrogens is 392 g/mol. The van der Waals surface area contributed by atoms with Gasteiger partial charge in [0.25, 0.3) is 5.91 Å². The van der Waals surface area contributed by atoms with Crippen LogP contribution < -0.4 is 5.32 Å². The second kappa shape index (κ2) is 8.31. The van der Waals surface area contributed by atoms with E-state index in [2.05, 4.69) is 54.2 Å². The van der Waals surface area contributed by atoms with Crippen LogP contribution in [-0.4, -0.2) is 43.6 Å². The number of fused-ring (bicyclic) bond motifs is 2. The monoisotopic (exact) mass is 416 g/mol. The molecule has 158 valence electrons. The third-order valence-electron chi connectivity index (χ3n) is 5.70. The largest absolute Gasteiger partial charge is 0.459 e. The second-order valence-corrected chi connectivity index (χ2v) is 7.86. The zero-order valence-corrected chi connectivity index (χ0v) is 17.4. The second-order valence-electron chi connectivity index (χ2n) is 7.86. The molecule has 1 amide bonds. The lowest BCUT2D eigenvalue weighted by Gasteiger charge is -2.20. The molecule has 8 heteroatoms. The highest BCUT2D eigenvalue weighted by molar-refractivity contribution is 5.91. The van der Waals surface area contributed by atoms with Crippen LogP contribution in [0.25, 0.3) is 10.9 Å². The molecule has 0 saturated carbocycles. The lowest BCUT2D eigenvalue weighted by Crippen LogP contribution is -2.30. The Morgan fingerprint density at radius 2 is 2.10 bits per heavy atom. The fourth-order valence-corrected chi connectivity index (χ4v) is 4.08. The van der Waals surface area contributed by atoms with Gasteiger partial charge in [-0.15, -0.1) is 10.2 Å². The first-order valence-electron chi connectivity index (χ1n) is 10.5. The van der Waals surface area contributed by atoms with Gasteiger partial charge in [-0.2, -0.15) is 0 Å². The average Bonchev–Trinajstić information content (AvgIpc) is 3.42. The average molecular weight is 416 g/mol. The Bertz CT molecular complexity index is 1200. The van der Waals surface area contributed by atoms with E-state index in [-0.39, 0.29) is 11.9 Å². The number of benzene rings is 1. The summed E-state index contributed by atoms with van der Waals surface area (Å²) in [6, 6.07) is 13.6. The Morgan fingerprint density at radius 1 is 1.16 bits per heavy atom. The van der Waals surface area contributed by atoms with Gasteiger partial charge in [-0.3, -0.25) is 14.7 Å². The third kappa shape index (κ3) is 4.06. The molecule has 0 fully saturated rings. The number of nitrogens with one attached hydrogen (secondary N) is 1. The summed E-state index contributed by atoms with van der Waals surface area (Å²) in [4.78, 5) is 19.2. The predicted octanol–water partition coefficient (Wildman–Crippen LogP) is 2.97. The molecule has 0 saturated heterocycles. The van der Waals surface area contributed by atoms with Crippen LogP contribution in [0.4, 0.5) is 0 Å². The van der Waals surface area contributed by atoms with Crippen molar-refractivity contribution in [3.63, 3.8) is 0 Å². The van der Waals surface area contributed by atoms with Crippen LogP contribution in [0.1, 0.15) is 40.7 Å². The number of aromatic nitrogens is 4. The lowest BCUT2D eigenvalue weighted by molar-refractivity contribution is 0.0909. The molecule has 1 aliphatic rings.